The molecule has 1 amide bonds. The zero-order chi connectivity index (χ0) is 22.1. The van der Waals surface area contributed by atoms with Gasteiger partial charge in [-0.05, 0) is 44.4 Å². The van der Waals surface area contributed by atoms with Gasteiger partial charge >= 0.3 is 5.97 Å². The molecule has 10 heteroatoms. The van der Waals surface area contributed by atoms with E-state index in [-0.39, 0.29) is 11.3 Å². The van der Waals surface area contributed by atoms with Crippen molar-refractivity contribution in [2.75, 3.05) is 31.4 Å². The number of esters is 1. The van der Waals surface area contributed by atoms with Crippen molar-refractivity contribution in [1.29, 1.82) is 0 Å². The van der Waals surface area contributed by atoms with Crippen LogP contribution in [-0.2, 0) is 9.53 Å². The number of benzene rings is 2. The highest BCUT2D eigenvalue weighted by molar-refractivity contribution is 7.98. The van der Waals surface area contributed by atoms with Crippen LogP contribution in [0.15, 0.2) is 41.3 Å². The summed E-state index contributed by atoms with van der Waals surface area (Å²) in [4.78, 5) is 35.6. The molecule has 30 heavy (non-hydrogen) atoms. The van der Waals surface area contributed by atoms with E-state index >= 15 is 0 Å². The Morgan fingerprint density at radius 2 is 1.77 bits per heavy atom. The van der Waals surface area contributed by atoms with Crippen LogP contribution in [0.4, 0.5) is 11.4 Å². The Labute approximate surface area is 177 Å². The molecule has 0 saturated carbocycles. The second-order valence-electron chi connectivity index (χ2n) is 5.79. The quantitative estimate of drug-likeness (QED) is 0.259. The average Bonchev–Trinajstić information content (AvgIpc) is 2.73. The summed E-state index contributed by atoms with van der Waals surface area (Å²) >= 11 is 1.33. The Morgan fingerprint density at radius 1 is 1.07 bits per heavy atom. The van der Waals surface area contributed by atoms with Crippen molar-refractivity contribution < 1.29 is 28.7 Å². The molecule has 0 spiro atoms. The molecule has 9 nitrogen and oxygen atoms in total. The lowest BCUT2D eigenvalue weighted by atomic mass is 10.2. The van der Waals surface area contributed by atoms with Crippen LogP contribution in [0.2, 0.25) is 0 Å². The van der Waals surface area contributed by atoms with Crippen LogP contribution in [0, 0.1) is 10.1 Å². The number of nitro groups is 1. The van der Waals surface area contributed by atoms with E-state index in [2.05, 4.69) is 5.32 Å². The van der Waals surface area contributed by atoms with E-state index in [9.17, 15) is 19.7 Å². The van der Waals surface area contributed by atoms with Gasteiger partial charge in [-0.15, -0.1) is 11.8 Å². The molecular formula is C20H22N2O7S. The molecule has 0 fully saturated rings. The number of carbonyl (C=O) groups excluding carboxylic acids is 2. The smallest absolute Gasteiger partial charge is 0.345 e. The number of amides is 1. The maximum Gasteiger partial charge on any atom is 0.345 e. The van der Waals surface area contributed by atoms with Crippen LogP contribution >= 0.6 is 11.8 Å². The average molecular weight is 434 g/mol. The Balaban J connectivity index is 2.05. The fourth-order valence-electron chi connectivity index (χ4n) is 2.50. The van der Waals surface area contributed by atoms with Crippen molar-refractivity contribution in [2.45, 2.75) is 18.7 Å². The third-order valence-corrected chi connectivity index (χ3v) is 4.51. The highest BCUT2D eigenvalue weighted by atomic mass is 32.2. The minimum atomic E-state index is -0.950. The van der Waals surface area contributed by atoms with Crippen LogP contribution in [0.3, 0.4) is 0 Å². The first-order valence-corrected chi connectivity index (χ1v) is 10.3. The molecule has 0 heterocycles. The highest BCUT2D eigenvalue weighted by Crippen LogP contribution is 2.30. The lowest BCUT2D eigenvalue weighted by Crippen LogP contribution is -2.21. The van der Waals surface area contributed by atoms with Gasteiger partial charge in [0.15, 0.2) is 18.1 Å². The largest absolute Gasteiger partial charge is 0.490 e. The van der Waals surface area contributed by atoms with E-state index in [1.165, 1.54) is 30.0 Å². The van der Waals surface area contributed by atoms with E-state index in [1.807, 2.05) is 13.8 Å². The molecule has 1 N–H and O–H groups in total. The molecule has 0 aliphatic heterocycles. The minimum Gasteiger partial charge on any atom is -0.490 e. The van der Waals surface area contributed by atoms with Gasteiger partial charge in [0.25, 0.3) is 11.6 Å². The Morgan fingerprint density at radius 3 is 2.40 bits per heavy atom. The fourth-order valence-corrected chi connectivity index (χ4v) is 2.94. The number of ether oxygens (including phenoxy) is 3. The number of thioether (sulfide) groups is 1. The third-order valence-electron chi connectivity index (χ3n) is 3.78. The van der Waals surface area contributed by atoms with Gasteiger partial charge in [-0.2, -0.15) is 0 Å². The van der Waals surface area contributed by atoms with Gasteiger partial charge in [0, 0.05) is 22.7 Å². The Hall–Kier alpha value is -3.27. The maximum atomic E-state index is 12.3. The van der Waals surface area contributed by atoms with Crippen LogP contribution in [0.25, 0.3) is 0 Å². The number of carbonyl (C=O) groups is 2. The number of anilines is 1. The Bertz CT molecular complexity index is 933. The van der Waals surface area contributed by atoms with Crippen LogP contribution in [0.1, 0.15) is 24.2 Å². The van der Waals surface area contributed by atoms with Gasteiger partial charge in [0.2, 0.25) is 0 Å². The van der Waals surface area contributed by atoms with Crippen molar-refractivity contribution in [2.24, 2.45) is 0 Å². The lowest BCUT2D eigenvalue weighted by molar-refractivity contribution is -0.385. The molecule has 0 atom stereocenters. The van der Waals surface area contributed by atoms with Gasteiger partial charge in [-0.1, -0.05) is 0 Å². The predicted molar refractivity (Wildman–Crippen MR) is 113 cm³/mol. The summed E-state index contributed by atoms with van der Waals surface area (Å²) in [6.07, 6.45) is 1.77. The molecule has 0 aliphatic rings. The van der Waals surface area contributed by atoms with Crippen molar-refractivity contribution in [3.8, 4) is 11.5 Å². The molecule has 160 valence electrons. The van der Waals surface area contributed by atoms with E-state index in [0.717, 1.165) is 0 Å². The number of nitrogens with zero attached hydrogens (tertiary/aromatic N) is 1. The normalized spacial score (nSPS) is 10.2. The summed E-state index contributed by atoms with van der Waals surface area (Å²) in [7, 11) is 0. The second kappa shape index (κ2) is 11.1. The standard InChI is InChI=1S/C20H22N2O7S/c1-4-27-17-9-6-13(10-18(17)28-5-2)21-19(23)12-29-20(24)15-11-14(30-3)7-8-16(15)22(25)26/h6-11H,4-5,12H2,1-3H3,(H,21,23). The number of hydrogen-bond donors (Lipinski definition) is 1. The van der Waals surface area contributed by atoms with Crippen molar-refractivity contribution >= 4 is 35.0 Å². The molecule has 0 aromatic heterocycles. The number of hydrogen-bond acceptors (Lipinski definition) is 8. The van der Waals surface area contributed by atoms with Gasteiger partial charge in [0.1, 0.15) is 5.56 Å². The first-order chi connectivity index (χ1) is 14.4. The molecule has 0 aliphatic carbocycles. The fraction of sp³-hybridized carbons (Fsp3) is 0.300. The van der Waals surface area contributed by atoms with E-state index < -0.39 is 23.4 Å². The van der Waals surface area contributed by atoms with Crippen molar-refractivity contribution in [3.63, 3.8) is 0 Å². The molecule has 2 rings (SSSR count). The number of rotatable bonds is 10. The van der Waals surface area contributed by atoms with E-state index in [4.69, 9.17) is 14.2 Å². The summed E-state index contributed by atoms with van der Waals surface area (Å²) in [5.41, 5.74) is -0.163. The van der Waals surface area contributed by atoms with Crippen LogP contribution < -0.4 is 14.8 Å². The topological polar surface area (TPSA) is 117 Å². The summed E-state index contributed by atoms with van der Waals surface area (Å²) in [5, 5.41) is 13.7. The SMILES string of the molecule is CCOc1ccc(NC(=O)COC(=O)c2cc(SC)ccc2[N+](=O)[O-])cc1OCC. The van der Waals surface area contributed by atoms with Crippen molar-refractivity contribution in [3.05, 3.63) is 52.1 Å². The number of nitrogens with one attached hydrogen (secondary N) is 1. The van der Waals surface area contributed by atoms with Gasteiger partial charge < -0.3 is 19.5 Å². The molecule has 0 unspecified atom stereocenters. The molecule has 2 aromatic rings. The number of nitro benzene ring substituents is 1. The van der Waals surface area contributed by atoms with Crippen LogP contribution in [-0.4, -0.2) is 42.9 Å². The van der Waals surface area contributed by atoms with E-state index in [0.29, 0.717) is 35.3 Å². The van der Waals surface area contributed by atoms with E-state index in [1.54, 1.807) is 24.5 Å². The molecule has 0 bridgehead atoms. The van der Waals surface area contributed by atoms with Gasteiger partial charge in [0.05, 0.1) is 18.1 Å². The van der Waals surface area contributed by atoms with Crippen molar-refractivity contribution in [1.82, 2.24) is 0 Å². The molecule has 0 radical (unpaired) electrons. The zero-order valence-electron chi connectivity index (χ0n) is 16.8. The summed E-state index contributed by atoms with van der Waals surface area (Å²) in [5.74, 6) is -0.531. The monoisotopic (exact) mass is 434 g/mol. The second-order valence-corrected chi connectivity index (χ2v) is 6.67. The Kier molecular flexibility index (Phi) is 8.48. The first kappa shape index (κ1) is 23.0. The van der Waals surface area contributed by atoms with Crippen LogP contribution in [0.5, 0.6) is 11.5 Å². The third kappa shape index (κ3) is 6.11. The summed E-state index contributed by atoms with van der Waals surface area (Å²) in [6.45, 7) is 3.95. The molecule has 2 aromatic carbocycles. The summed E-state index contributed by atoms with van der Waals surface area (Å²) in [6, 6.07) is 9.02. The summed E-state index contributed by atoms with van der Waals surface area (Å²) < 4.78 is 15.9. The maximum absolute atomic E-state index is 12.3. The van der Waals surface area contributed by atoms with Gasteiger partial charge in [-0.25, -0.2) is 4.79 Å². The highest BCUT2D eigenvalue weighted by Gasteiger charge is 2.22. The lowest BCUT2D eigenvalue weighted by Gasteiger charge is -2.13. The predicted octanol–water partition coefficient (Wildman–Crippen LogP) is 3.91. The zero-order valence-corrected chi connectivity index (χ0v) is 17.6. The molecule has 0 saturated heterocycles. The molecular weight excluding hydrogens is 412 g/mol. The minimum absolute atomic E-state index is 0.209. The van der Waals surface area contributed by atoms with Gasteiger partial charge in [-0.3, -0.25) is 14.9 Å². The first-order valence-electron chi connectivity index (χ1n) is 9.08.